The Kier molecular flexibility index (Phi) is 9.07. The Bertz CT molecular complexity index is 146. The zero-order valence-electron chi connectivity index (χ0n) is 12.6. The van der Waals surface area contributed by atoms with Crippen molar-refractivity contribution in [2.24, 2.45) is 23.7 Å². The van der Waals surface area contributed by atoms with Gasteiger partial charge in [0.2, 0.25) is 0 Å². The van der Waals surface area contributed by atoms with Gasteiger partial charge in [0.15, 0.2) is 0 Å². The molecule has 0 aromatic rings. The van der Waals surface area contributed by atoms with Gasteiger partial charge in [-0.15, -0.1) is 0 Å². The van der Waals surface area contributed by atoms with E-state index in [1.807, 2.05) is 0 Å². The molecule has 0 rings (SSSR count). The van der Waals surface area contributed by atoms with Crippen molar-refractivity contribution in [1.82, 2.24) is 0 Å². The van der Waals surface area contributed by atoms with Crippen LogP contribution in [-0.4, -0.2) is 0 Å². The summed E-state index contributed by atoms with van der Waals surface area (Å²) in [5.74, 6) is 3.60. The molecule has 0 saturated carbocycles. The fourth-order valence-electron chi connectivity index (χ4n) is 2.31. The topological polar surface area (TPSA) is 0 Å². The van der Waals surface area contributed by atoms with Gasteiger partial charge in [0.25, 0.3) is 0 Å². The number of rotatable bonds is 9. The van der Waals surface area contributed by atoms with E-state index in [1.54, 1.807) is 0 Å². The number of hydrogen-bond acceptors (Lipinski definition) is 0. The van der Waals surface area contributed by atoms with Gasteiger partial charge in [0.05, 0.1) is 0 Å². The second kappa shape index (κ2) is 9.07. The van der Waals surface area contributed by atoms with E-state index in [4.69, 9.17) is 0 Å². The highest BCUT2D eigenvalue weighted by atomic mass is 14.2. The Morgan fingerprint density at radius 1 is 0.688 bits per heavy atom. The summed E-state index contributed by atoms with van der Waals surface area (Å²) in [6.45, 7) is 14.2. The van der Waals surface area contributed by atoms with E-state index in [2.05, 4.69) is 41.5 Å². The molecule has 0 heteroatoms. The minimum Gasteiger partial charge on any atom is -0.0654 e. The van der Waals surface area contributed by atoms with Gasteiger partial charge in [-0.1, -0.05) is 80.1 Å². The summed E-state index contributed by atoms with van der Waals surface area (Å²) in [6, 6.07) is 0. The smallest absolute Gasteiger partial charge is 0.0391 e. The molecule has 0 amide bonds. The Hall–Kier alpha value is 0. The fourth-order valence-corrected chi connectivity index (χ4v) is 2.31. The van der Waals surface area contributed by atoms with Crippen molar-refractivity contribution in [3.63, 3.8) is 0 Å². The van der Waals surface area contributed by atoms with Crippen molar-refractivity contribution in [2.45, 2.75) is 80.1 Å². The zero-order valence-corrected chi connectivity index (χ0v) is 12.6. The van der Waals surface area contributed by atoms with Crippen molar-refractivity contribution < 1.29 is 0 Å². The third-order valence-corrected chi connectivity index (χ3v) is 4.24. The first-order valence-electron chi connectivity index (χ1n) is 7.49. The predicted octanol–water partition coefficient (Wildman–Crippen LogP) is 5.91. The summed E-state index contributed by atoms with van der Waals surface area (Å²) in [6.07, 6.45) is 8.53. The van der Waals surface area contributed by atoms with Gasteiger partial charge in [0, 0.05) is 0 Å². The Morgan fingerprint density at radius 2 is 1.25 bits per heavy atom. The molecule has 0 nitrogen and oxygen atoms in total. The lowest BCUT2D eigenvalue weighted by molar-refractivity contribution is 0.295. The van der Waals surface area contributed by atoms with Gasteiger partial charge in [-0.3, -0.25) is 0 Å². The average molecular weight is 226 g/mol. The van der Waals surface area contributed by atoms with E-state index < -0.39 is 0 Å². The van der Waals surface area contributed by atoms with Crippen LogP contribution < -0.4 is 0 Å². The first-order valence-corrected chi connectivity index (χ1v) is 7.49. The highest BCUT2D eigenvalue weighted by Crippen LogP contribution is 2.26. The molecule has 0 aromatic heterocycles. The fraction of sp³-hybridized carbons (Fsp3) is 1.00. The van der Waals surface area contributed by atoms with E-state index in [-0.39, 0.29) is 0 Å². The van der Waals surface area contributed by atoms with Crippen LogP contribution in [0.1, 0.15) is 80.1 Å². The lowest BCUT2D eigenvalue weighted by atomic mass is 9.84. The van der Waals surface area contributed by atoms with Gasteiger partial charge in [-0.2, -0.15) is 0 Å². The molecule has 0 aliphatic heterocycles. The molecule has 0 bridgehead atoms. The summed E-state index contributed by atoms with van der Waals surface area (Å²) >= 11 is 0. The highest BCUT2D eigenvalue weighted by molar-refractivity contribution is 4.65. The second-order valence-electron chi connectivity index (χ2n) is 6.30. The quantitative estimate of drug-likeness (QED) is 0.458. The molecular weight excluding hydrogens is 192 g/mol. The van der Waals surface area contributed by atoms with E-state index in [9.17, 15) is 0 Å². The third kappa shape index (κ3) is 7.30. The van der Waals surface area contributed by atoms with Crippen molar-refractivity contribution in [3.8, 4) is 0 Å². The van der Waals surface area contributed by atoms with E-state index in [0.29, 0.717) is 0 Å². The summed E-state index contributed by atoms with van der Waals surface area (Å²) in [5.41, 5.74) is 0. The Balaban J connectivity index is 3.75. The maximum Gasteiger partial charge on any atom is -0.0391 e. The molecule has 98 valence electrons. The van der Waals surface area contributed by atoms with Crippen LogP contribution in [0, 0.1) is 23.7 Å². The molecule has 0 N–H and O–H groups in total. The maximum atomic E-state index is 2.40. The second-order valence-corrected chi connectivity index (χ2v) is 6.30. The van der Waals surface area contributed by atoms with Gasteiger partial charge < -0.3 is 0 Å². The van der Waals surface area contributed by atoms with Gasteiger partial charge in [-0.05, 0) is 23.7 Å². The van der Waals surface area contributed by atoms with Crippen LogP contribution in [0.5, 0.6) is 0 Å². The van der Waals surface area contributed by atoms with E-state index in [1.165, 1.54) is 38.5 Å². The lowest BCUT2D eigenvalue weighted by Crippen LogP contribution is -2.10. The van der Waals surface area contributed by atoms with E-state index >= 15 is 0 Å². The Labute approximate surface area is 104 Å². The summed E-state index contributed by atoms with van der Waals surface area (Å²) in [5, 5.41) is 0. The number of hydrogen-bond donors (Lipinski definition) is 0. The van der Waals surface area contributed by atoms with Crippen LogP contribution in [0.4, 0.5) is 0 Å². The maximum absolute atomic E-state index is 2.40. The molecular formula is C16H34. The summed E-state index contributed by atoms with van der Waals surface area (Å²) in [7, 11) is 0. The van der Waals surface area contributed by atoms with E-state index in [0.717, 1.165) is 23.7 Å². The van der Waals surface area contributed by atoms with Crippen molar-refractivity contribution >= 4 is 0 Å². The minimum atomic E-state index is 0.855. The SMILES string of the molecule is CCCCC(CCCC(C)C(C)C)C(C)C. The van der Waals surface area contributed by atoms with Crippen LogP contribution in [-0.2, 0) is 0 Å². The molecule has 0 aliphatic rings. The molecule has 2 atom stereocenters. The predicted molar refractivity (Wildman–Crippen MR) is 75.7 cm³/mol. The monoisotopic (exact) mass is 226 g/mol. The largest absolute Gasteiger partial charge is 0.0654 e. The van der Waals surface area contributed by atoms with Crippen LogP contribution in [0.3, 0.4) is 0 Å². The molecule has 0 aromatic carbocycles. The first kappa shape index (κ1) is 16.0. The molecule has 0 fully saturated rings. The van der Waals surface area contributed by atoms with Crippen LogP contribution in [0.2, 0.25) is 0 Å². The molecule has 0 radical (unpaired) electrons. The normalized spacial score (nSPS) is 15.8. The van der Waals surface area contributed by atoms with Crippen molar-refractivity contribution in [3.05, 3.63) is 0 Å². The third-order valence-electron chi connectivity index (χ3n) is 4.24. The van der Waals surface area contributed by atoms with Crippen LogP contribution in [0.15, 0.2) is 0 Å². The molecule has 0 spiro atoms. The summed E-state index contributed by atoms with van der Waals surface area (Å²) < 4.78 is 0. The average Bonchev–Trinajstić information content (AvgIpc) is 2.21. The standard InChI is InChI=1S/C16H34/c1-7-8-11-16(14(4)5)12-9-10-15(6)13(2)3/h13-16H,7-12H2,1-6H3. The minimum absolute atomic E-state index is 0.855. The van der Waals surface area contributed by atoms with Gasteiger partial charge in [-0.25, -0.2) is 0 Å². The molecule has 0 saturated heterocycles. The van der Waals surface area contributed by atoms with Gasteiger partial charge >= 0.3 is 0 Å². The Morgan fingerprint density at radius 3 is 1.69 bits per heavy atom. The van der Waals surface area contributed by atoms with Crippen LogP contribution >= 0.6 is 0 Å². The van der Waals surface area contributed by atoms with Crippen molar-refractivity contribution in [2.75, 3.05) is 0 Å². The van der Waals surface area contributed by atoms with Crippen LogP contribution in [0.25, 0.3) is 0 Å². The van der Waals surface area contributed by atoms with Gasteiger partial charge in [0.1, 0.15) is 0 Å². The highest BCUT2D eigenvalue weighted by Gasteiger charge is 2.14. The molecule has 0 heterocycles. The first-order chi connectivity index (χ1) is 7.49. The zero-order chi connectivity index (χ0) is 12.6. The number of unbranched alkanes of at least 4 members (excludes halogenated alkanes) is 1. The lowest BCUT2D eigenvalue weighted by Gasteiger charge is -2.22. The molecule has 0 aliphatic carbocycles. The van der Waals surface area contributed by atoms with Crippen molar-refractivity contribution in [1.29, 1.82) is 0 Å². The summed E-state index contributed by atoms with van der Waals surface area (Å²) in [4.78, 5) is 0. The molecule has 16 heavy (non-hydrogen) atoms. The molecule has 2 unspecified atom stereocenters.